The van der Waals surface area contributed by atoms with Gasteiger partial charge in [0, 0.05) is 4.70 Å². The smallest absolute Gasteiger partial charge is 0.230 e. The van der Waals surface area contributed by atoms with Crippen molar-refractivity contribution in [1.29, 1.82) is 0 Å². The van der Waals surface area contributed by atoms with E-state index >= 15 is 0 Å². The third kappa shape index (κ3) is 3.90. The third-order valence-corrected chi connectivity index (χ3v) is 7.25. The molecule has 4 aromatic rings. The molecule has 0 saturated heterocycles. The number of benzene rings is 2. The Morgan fingerprint density at radius 3 is 2.94 bits per heavy atom. The second kappa shape index (κ2) is 8.32. The van der Waals surface area contributed by atoms with Gasteiger partial charge in [0.15, 0.2) is 11.5 Å². The van der Waals surface area contributed by atoms with Gasteiger partial charge in [0.1, 0.15) is 30.4 Å². The van der Waals surface area contributed by atoms with Crippen molar-refractivity contribution < 1.29 is 18.7 Å². The number of nitrogens with one attached hydrogen (secondary N) is 1. The van der Waals surface area contributed by atoms with Crippen molar-refractivity contribution in [2.24, 2.45) is 0 Å². The first-order valence-corrected chi connectivity index (χ1v) is 11.5. The van der Waals surface area contributed by atoms with Crippen LogP contribution in [0.3, 0.4) is 0 Å². The third-order valence-electron chi connectivity index (χ3n) is 4.98. The zero-order chi connectivity index (χ0) is 21.4. The Morgan fingerprint density at radius 1 is 1.23 bits per heavy atom. The van der Waals surface area contributed by atoms with Gasteiger partial charge in [-0.1, -0.05) is 23.9 Å². The summed E-state index contributed by atoms with van der Waals surface area (Å²) in [5, 5.41) is 4.18. The molecule has 0 bridgehead atoms. The van der Waals surface area contributed by atoms with Gasteiger partial charge in [-0.2, -0.15) is 0 Å². The number of amides is 1. The molecule has 1 N–H and O–H groups in total. The van der Waals surface area contributed by atoms with Gasteiger partial charge >= 0.3 is 0 Å². The van der Waals surface area contributed by atoms with Crippen LogP contribution < -0.4 is 14.8 Å². The lowest BCUT2D eigenvalue weighted by atomic mass is 10.1. The summed E-state index contributed by atoms with van der Waals surface area (Å²) in [4.78, 5) is 21.1. The predicted molar refractivity (Wildman–Crippen MR) is 120 cm³/mol. The fraction of sp³-hybridized carbons (Fsp3) is 0.227. The maximum atomic E-state index is 14.3. The maximum Gasteiger partial charge on any atom is 0.230 e. The van der Waals surface area contributed by atoms with E-state index in [0.29, 0.717) is 34.9 Å². The monoisotopic (exact) mass is 455 g/mol. The van der Waals surface area contributed by atoms with Crippen LogP contribution >= 0.6 is 23.1 Å². The minimum atomic E-state index is -0.301. The second-order valence-electron chi connectivity index (χ2n) is 7.05. The molecule has 1 unspecified atom stereocenters. The summed E-state index contributed by atoms with van der Waals surface area (Å²) in [6.45, 7) is 2.98. The molecular formula is C22H18FN3O3S2. The maximum absolute atomic E-state index is 14.3. The summed E-state index contributed by atoms with van der Waals surface area (Å²) in [5.74, 6) is 1.18. The minimum Gasteiger partial charge on any atom is -0.486 e. The number of thioether (sulfide) groups is 1. The van der Waals surface area contributed by atoms with E-state index in [-0.39, 0.29) is 23.5 Å². The second-order valence-corrected chi connectivity index (χ2v) is 9.07. The molecule has 2 aromatic carbocycles. The lowest BCUT2D eigenvalue weighted by Gasteiger charge is -2.21. The molecule has 0 radical (unpaired) electrons. The van der Waals surface area contributed by atoms with Gasteiger partial charge in [-0.05, 0) is 36.8 Å². The molecule has 5 rings (SSSR count). The number of hydrogen-bond acceptors (Lipinski definition) is 7. The molecule has 31 heavy (non-hydrogen) atoms. The molecule has 3 heterocycles. The number of halogens is 1. The van der Waals surface area contributed by atoms with Crippen LogP contribution in [0, 0.1) is 5.82 Å². The molecule has 1 aliphatic heterocycles. The first kappa shape index (κ1) is 20.0. The highest BCUT2D eigenvalue weighted by molar-refractivity contribution is 8.00. The summed E-state index contributed by atoms with van der Waals surface area (Å²) in [6.07, 6.45) is 1.42. The van der Waals surface area contributed by atoms with E-state index in [1.807, 2.05) is 31.2 Å². The number of nitrogens with zero attached hydrogens (tertiary/aromatic N) is 2. The van der Waals surface area contributed by atoms with Crippen LogP contribution in [0.2, 0.25) is 0 Å². The molecule has 9 heteroatoms. The van der Waals surface area contributed by atoms with E-state index in [1.165, 1.54) is 35.5 Å². The van der Waals surface area contributed by atoms with Crippen LogP contribution in [0.1, 0.15) is 18.5 Å². The fourth-order valence-corrected chi connectivity index (χ4v) is 5.55. The quantitative estimate of drug-likeness (QED) is 0.347. The minimum absolute atomic E-state index is 0.119. The number of aromatic nitrogens is 2. The zero-order valence-electron chi connectivity index (χ0n) is 16.6. The average Bonchev–Trinajstić information content (AvgIpc) is 3.18. The Kier molecular flexibility index (Phi) is 5.37. The number of thiophene rings is 1. The van der Waals surface area contributed by atoms with Gasteiger partial charge in [0.05, 0.1) is 27.4 Å². The Bertz CT molecular complexity index is 1290. The highest BCUT2D eigenvalue weighted by Crippen LogP contribution is 2.38. The Hall–Kier alpha value is -2.91. The van der Waals surface area contributed by atoms with E-state index in [0.717, 1.165) is 20.7 Å². The molecule has 1 atom stereocenters. The summed E-state index contributed by atoms with van der Waals surface area (Å²) >= 11 is 2.75. The van der Waals surface area contributed by atoms with Crippen LogP contribution in [0.15, 0.2) is 47.8 Å². The van der Waals surface area contributed by atoms with Crippen LogP contribution in [-0.2, 0) is 4.79 Å². The molecule has 1 aliphatic rings. The Balaban J connectivity index is 1.29. The van der Waals surface area contributed by atoms with Crippen LogP contribution in [-0.4, -0.2) is 34.8 Å². The number of carbonyl (C=O) groups is 1. The lowest BCUT2D eigenvalue weighted by molar-refractivity contribution is -0.119. The summed E-state index contributed by atoms with van der Waals surface area (Å²) in [7, 11) is 0. The van der Waals surface area contributed by atoms with E-state index in [1.54, 1.807) is 6.07 Å². The summed E-state index contributed by atoms with van der Waals surface area (Å²) in [5.41, 5.74) is 1.52. The van der Waals surface area contributed by atoms with Gasteiger partial charge in [-0.15, -0.1) is 11.3 Å². The van der Waals surface area contributed by atoms with Crippen molar-refractivity contribution in [2.75, 3.05) is 19.0 Å². The van der Waals surface area contributed by atoms with Crippen molar-refractivity contribution in [3.05, 3.63) is 54.1 Å². The van der Waals surface area contributed by atoms with Crippen molar-refractivity contribution in [3.8, 4) is 11.5 Å². The summed E-state index contributed by atoms with van der Waals surface area (Å²) in [6, 6.07) is 10.5. The predicted octanol–water partition coefficient (Wildman–Crippen LogP) is 4.72. The van der Waals surface area contributed by atoms with Crippen molar-refractivity contribution in [1.82, 2.24) is 15.3 Å². The number of carbonyl (C=O) groups excluding carboxylic acids is 1. The normalized spacial score (nSPS) is 14.0. The Labute approximate surface area is 185 Å². The van der Waals surface area contributed by atoms with Crippen molar-refractivity contribution in [3.63, 3.8) is 0 Å². The first-order chi connectivity index (χ1) is 15.1. The fourth-order valence-electron chi connectivity index (χ4n) is 3.49. The molecule has 6 nitrogen and oxygen atoms in total. The molecule has 1 amide bonds. The molecule has 158 valence electrons. The van der Waals surface area contributed by atoms with Crippen molar-refractivity contribution >= 4 is 49.3 Å². The Morgan fingerprint density at radius 2 is 2.06 bits per heavy atom. The highest BCUT2D eigenvalue weighted by Gasteiger charge is 2.18. The van der Waals surface area contributed by atoms with Gasteiger partial charge in [0.2, 0.25) is 5.91 Å². The van der Waals surface area contributed by atoms with Crippen molar-refractivity contribution in [2.45, 2.75) is 18.0 Å². The van der Waals surface area contributed by atoms with Gasteiger partial charge in [0.25, 0.3) is 0 Å². The van der Waals surface area contributed by atoms with E-state index in [4.69, 9.17) is 9.47 Å². The molecular weight excluding hydrogens is 437 g/mol. The standard InChI is InChI=1S/C22H18FN3O3S2/c1-12(13-5-6-15-16(9-13)29-8-7-28-15)26-18(27)10-30-22-21-20(24-11-25-22)19-14(23)3-2-4-17(19)31-21/h2-6,9,11-12H,7-8,10H2,1H3,(H,26,27). The average molecular weight is 456 g/mol. The topological polar surface area (TPSA) is 73.3 Å². The molecule has 0 spiro atoms. The van der Waals surface area contributed by atoms with E-state index < -0.39 is 0 Å². The molecule has 0 aliphatic carbocycles. The first-order valence-electron chi connectivity index (χ1n) is 9.73. The van der Waals surface area contributed by atoms with Gasteiger partial charge < -0.3 is 14.8 Å². The van der Waals surface area contributed by atoms with E-state index in [2.05, 4.69) is 15.3 Å². The molecule has 0 saturated carbocycles. The van der Waals surface area contributed by atoms with Crippen LogP contribution in [0.25, 0.3) is 20.3 Å². The number of rotatable bonds is 5. The molecule has 2 aromatic heterocycles. The van der Waals surface area contributed by atoms with Crippen LogP contribution in [0.4, 0.5) is 4.39 Å². The SMILES string of the molecule is CC(NC(=O)CSc1ncnc2c1sc1cccc(F)c12)c1ccc2c(c1)OCCO2. The molecule has 0 fully saturated rings. The number of ether oxygens (including phenoxy) is 2. The largest absolute Gasteiger partial charge is 0.486 e. The number of fused-ring (bicyclic) bond motifs is 4. The summed E-state index contributed by atoms with van der Waals surface area (Å²) < 4.78 is 27.0. The van der Waals surface area contributed by atoms with Crippen LogP contribution in [0.5, 0.6) is 11.5 Å². The lowest BCUT2D eigenvalue weighted by Crippen LogP contribution is -2.28. The number of hydrogen-bond donors (Lipinski definition) is 1. The van der Waals surface area contributed by atoms with Gasteiger partial charge in [-0.3, -0.25) is 4.79 Å². The highest BCUT2D eigenvalue weighted by atomic mass is 32.2. The van der Waals surface area contributed by atoms with E-state index in [9.17, 15) is 9.18 Å². The zero-order valence-corrected chi connectivity index (χ0v) is 18.2. The van der Waals surface area contributed by atoms with Gasteiger partial charge in [-0.25, -0.2) is 14.4 Å².